The van der Waals surface area contributed by atoms with Crippen LogP contribution >= 0.6 is 23.7 Å². The van der Waals surface area contributed by atoms with Gasteiger partial charge in [0.15, 0.2) is 5.13 Å². The number of nitrogens with zero attached hydrogens (tertiary/aromatic N) is 1. The highest BCUT2D eigenvalue weighted by molar-refractivity contribution is 7.87. The van der Waals surface area contributed by atoms with Crippen molar-refractivity contribution in [3.8, 4) is 5.75 Å². The van der Waals surface area contributed by atoms with Gasteiger partial charge in [-0.05, 0) is 80.6 Å². The molecule has 1 saturated heterocycles. The molecule has 1 aromatic heterocycles. The van der Waals surface area contributed by atoms with Gasteiger partial charge in [-0.3, -0.25) is 4.79 Å². The fraction of sp³-hybridized carbons (Fsp3) is 0.440. The number of anilines is 2. The summed E-state index contributed by atoms with van der Waals surface area (Å²) in [5.74, 6) is 1.23. The minimum absolute atomic E-state index is 0. The van der Waals surface area contributed by atoms with Gasteiger partial charge >= 0.3 is 10.1 Å². The Balaban J connectivity index is 0.00000361. The molecule has 3 N–H and O–H groups in total. The fourth-order valence-corrected chi connectivity index (χ4v) is 5.77. The fourth-order valence-electron chi connectivity index (χ4n) is 3.93. The predicted molar refractivity (Wildman–Crippen MR) is 148 cm³/mol. The Bertz CT molecular complexity index is 1260. The Labute approximate surface area is 222 Å². The lowest BCUT2D eigenvalue weighted by Crippen LogP contribution is -2.28. The van der Waals surface area contributed by atoms with Crippen molar-refractivity contribution < 1.29 is 17.4 Å². The van der Waals surface area contributed by atoms with Crippen LogP contribution in [-0.2, 0) is 14.9 Å². The molecule has 0 bridgehead atoms. The van der Waals surface area contributed by atoms with Crippen molar-refractivity contribution in [3.05, 3.63) is 42.5 Å². The lowest BCUT2D eigenvalue weighted by molar-refractivity contribution is -0.116. The second kappa shape index (κ2) is 12.7. The molecule has 8 nitrogen and oxygen atoms in total. The maximum absolute atomic E-state index is 12.8. The SMILES string of the molecule is CC(C)CNc1ccc(S(=O)(=O)Oc2ccc3nc(NC(=O)CCC4CCNCC4)sc3c2)cc1.Cl. The van der Waals surface area contributed by atoms with Crippen LogP contribution in [0.15, 0.2) is 47.4 Å². The quantitative estimate of drug-likeness (QED) is 0.294. The van der Waals surface area contributed by atoms with Crippen molar-refractivity contribution in [2.24, 2.45) is 11.8 Å². The van der Waals surface area contributed by atoms with E-state index in [1.807, 2.05) is 0 Å². The molecule has 2 heterocycles. The molecule has 0 spiro atoms. The molecule has 0 radical (unpaired) electrons. The number of rotatable bonds is 10. The maximum atomic E-state index is 12.8. The highest BCUT2D eigenvalue weighted by Gasteiger charge is 2.18. The second-order valence-electron chi connectivity index (χ2n) is 9.27. The highest BCUT2D eigenvalue weighted by atomic mass is 35.5. The largest absolute Gasteiger partial charge is 0.385 e. The van der Waals surface area contributed by atoms with E-state index in [-0.39, 0.29) is 29.0 Å². The molecule has 4 rings (SSSR count). The summed E-state index contributed by atoms with van der Waals surface area (Å²) in [6.07, 6.45) is 3.57. The number of fused-ring (bicyclic) bond motifs is 1. The first-order valence-corrected chi connectivity index (χ1v) is 14.2. The van der Waals surface area contributed by atoms with Crippen LogP contribution in [0.4, 0.5) is 10.8 Å². The highest BCUT2D eigenvalue weighted by Crippen LogP contribution is 2.31. The number of thiazole rings is 1. The van der Waals surface area contributed by atoms with Gasteiger partial charge in [0.05, 0.1) is 10.2 Å². The number of carbonyl (C=O) groups excluding carboxylic acids is 1. The molecular weight excluding hydrogens is 520 g/mol. The summed E-state index contributed by atoms with van der Waals surface area (Å²) >= 11 is 1.30. The smallest absolute Gasteiger partial charge is 0.339 e. The van der Waals surface area contributed by atoms with Gasteiger partial charge in [-0.1, -0.05) is 25.2 Å². The molecular formula is C25H33ClN4O4S2. The number of amides is 1. The molecule has 1 aliphatic heterocycles. The normalized spacial score (nSPS) is 14.4. The van der Waals surface area contributed by atoms with E-state index in [0.29, 0.717) is 28.9 Å². The average molecular weight is 553 g/mol. The summed E-state index contributed by atoms with van der Waals surface area (Å²) < 4.78 is 31.6. The summed E-state index contributed by atoms with van der Waals surface area (Å²) in [6, 6.07) is 11.4. The predicted octanol–water partition coefficient (Wildman–Crippen LogP) is 5.27. The summed E-state index contributed by atoms with van der Waals surface area (Å²) in [5.41, 5.74) is 1.53. The Morgan fingerprint density at radius 2 is 1.89 bits per heavy atom. The number of nitrogens with one attached hydrogen (secondary N) is 3. The zero-order valence-electron chi connectivity index (χ0n) is 20.5. The molecule has 1 amide bonds. The zero-order valence-corrected chi connectivity index (χ0v) is 22.9. The molecule has 1 fully saturated rings. The number of carbonyl (C=O) groups is 1. The molecule has 196 valence electrons. The van der Waals surface area contributed by atoms with E-state index in [9.17, 15) is 13.2 Å². The van der Waals surface area contributed by atoms with Crippen LogP contribution in [0, 0.1) is 11.8 Å². The molecule has 11 heteroatoms. The topological polar surface area (TPSA) is 109 Å². The number of aromatic nitrogens is 1. The van der Waals surface area contributed by atoms with E-state index in [1.54, 1.807) is 30.3 Å². The average Bonchev–Trinajstić information content (AvgIpc) is 3.23. The first-order chi connectivity index (χ1) is 16.8. The number of piperidine rings is 1. The third kappa shape index (κ3) is 7.80. The van der Waals surface area contributed by atoms with E-state index in [2.05, 4.69) is 34.8 Å². The molecule has 3 aromatic rings. The van der Waals surface area contributed by atoms with E-state index in [1.165, 1.54) is 23.5 Å². The lowest BCUT2D eigenvalue weighted by Gasteiger charge is -2.21. The van der Waals surface area contributed by atoms with Crippen LogP contribution in [-0.4, -0.2) is 38.9 Å². The van der Waals surface area contributed by atoms with Crippen molar-refractivity contribution in [2.75, 3.05) is 30.3 Å². The van der Waals surface area contributed by atoms with Gasteiger partial charge in [0.1, 0.15) is 10.6 Å². The van der Waals surface area contributed by atoms with Crippen LogP contribution in [0.2, 0.25) is 0 Å². The standard InChI is InChI=1S/C25H32N4O4S2.ClH/c1-17(2)16-27-19-4-7-21(8-5-19)35(31,32)33-20-6-9-22-23(15-20)34-25(28-22)29-24(30)10-3-18-11-13-26-14-12-18;/h4-9,15,17-18,26-27H,3,10-14,16H2,1-2H3,(H,28,29,30);1H. The van der Waals surface area contributed by atoms with Gasteiger partial charge in [0.25, 0.3) is 0 Å². The summed E-state index contributed by atoms with van der Waals surface area (Å²) in [4.78, 5) is 16.9. The molecule has 0 atom stereocenters. The minimum atomic E-state index is -3.98. The van der Waals surface area contributed by atoms with Crippen LogP contribution in [0.25, 0.3) is 10.2 Å². The maximum Gasteiger partial charge on any atom is 0.339 e. The van der Waals surface area contributed by atoms with Crippen LogP contribution in [0.5, 0.6) is 5.75 Å². The van der Waals surface area contributed by atoms with Gasteiger partial charge in [0.2, 0.25) is 5.91 Å². The van der Waals surface area contributed by atoms with Gasteiger partial charge in [0, 0.05) is 24.7 Å². The van der Waals surface area contributed by atoms with Gasteiger partial charge in [-0.2, -0.15) is 8.42 Å². The zero-order chi connectivity index (χ0) is 24.8. The lowest BCUT2D eigenvalue weighted by atomic mass is 9.93. The Morgan fingerprint density at radius 3 is 2.58 bits per heavy atom. The van der Waals surface area contributed by atoms with Gasteiger partial charge < -0.3 is 20.1 Å². The molecule has 0 saturated carbocycles. The third-order valence-corrected chi connectivity index (χ3v) is 8.10. The monoisotopic (exact) mass is 552 g/mol. The van der Waals surface area contributed by atoms with Crippen molar-refractivity contribution in [2.45, 2.75) is 44.4 Å². The van der Waals surface area contributed by atoms with Crippen LogP contribution in [0.1, 0.15) is 39.5 Å². The van der Waals surface area contributed by atoms with Crippen molar-refractivity contribution >= 4 is 60.8 Å². The van der Waals surface area contributed by atoms with Gasteiger partial charge in [-0.15, -0.1) is 12.4 Å². The third-order valence-electron chi connectivity index (χ3n) is 5.91. The first kappa shape index (κ1) is 28.2. The summed E-state index contributed by atoms with van der Waals surface area (Å²) in [7, 11) is -3.98. The Kier molecular flexibility index (Phi) is 9.95. The Morgan fingerprint density at radius 1 is 1.17 bits per heavy atom. The number of hydrogen-bond donors (Lipinski definition) is 3. The van der Waals surface area contributed by atoms with E-state index < -0.39 is 10.1 Å². The second-order valence-corrected chi connectivity index (χ2v) is 11.8. The van der Waals surface area contributed by atoms with E-state index in [0.717, 1.165) is 49.3 Å². The number of halogens is 1. The van der Waals surface area contributed by atoms with Gasteiger partial charge in [-0.25, -0.2) is 4.98 Å². The van der Waals surface area contributed by atoms with E-state index in [4.69, 9.17) is 4.18 Å². The number of benzene rings is 2. The molecule has 0 aliphatic carbocycles. The van der Waals surface area contributed by atoms with Crippen LogP contribution < -0.4 is 20.1 Å². The first-order valence-electron chi connectivity index (χ1n) is 12.0. The molecule has 1 aliphatic rings. The molecule has 36 heavy (non-hydrogen) atoms. The van der Waals surface area contributed by atoms with Crippen molar-refractivity contribution in [3.63, 3.8) is 0 Å². The van der Waals surface area contributed by atoms with Crippen LogP contribution in [0.3, 0.4) is 0 Å². The summed E-state index contributed by atoms with van der Waals surface area (Å²) in [5, 5.41) is 9.97. The molecule has 2 aromatic carbocycles. The number of hydrogen-bond acceptors (Lipinski definition) is 8. The molecule has 0 unspecified atom stereocenters. The Hall–Kier alpha value is -2.40. The minimum Gasteiger partial charge on any atom is -0.385 e. The summed E-state index contributed by atoms with van der Waals surface area (Å²) in [6.45, 7) is 7.05. The van der Waals surface area contributed by atoms with E-state index >= 15 is 0 Å². The van der Waals surface area contributed by atoms with Crippen molar-refractivity contribution in [1.82, 2.24) is 10.3 Å². The van der Waals surface area contributed by atoms with Crippen molar-refractivity contribution in [1.29, 1.82) is 0 Å².